The van der Waals surface area contributed by atoms with Gasteiger partial charge in [0, 0.05) is 67.5 Å². The van der Waals surface area contributed by atoms with Crippen LogP contribution in [-0.4, -0.2) is 103 Å². The van der Waals surface area contributed by atoms with Gasteiger partial charge in [0.1, 0.15) is 11.9 Å². The molecule has 3 N–H and O–H groups in total. The smallest absolute Gasteiger partial charge is 0.248 e. The number of aromatic nitrogens is 3. The standard InChI is InChI=1S/C49H66BF2N6O4/c1-29(2)44-54-55-46(50-37-18-22-49(61)40-27-35-13-15-39(59)42-41(35)48(49,43(37)62-42)23-25-56(40)28-32-11-12-32)58(44)31(4)26-36-14-10-30(3)57(36)24-19-38(33-8-6-5-7-9-33)53-45(60)34-16-20-47(51,52)21-17-34/h5-9,13,15,29-32,34,36-38,40,43,59,61H,10-12,14,16-28H2,1-4H3,(H,53,60)/t30?,31?,36?,37?,38-,40+,43-,48-,49+/m0/s1. The van der Waals surface area contributed by atoms with Crippen molar-refractivity contribution in [2.45, 2.75) is 183 Å². The molecule has 2 saturated heterocycles. The van der Waals surface area contributed by atoms with Crippen molar-refractivity contribution >= 4 is 18.9 Å². The zero-order valence-corrected chi connectivity index (χ0v) is 37.1. The predicted octanol–water partition coefficient (Wildman–Crippen LogP) is 7.37. The van der Waals surface area contributed by atoms with Crippen LogP contribution in [-0.2, 0) is 16.6 Å². The molecular weight excluding hydrogens is 785 g/mol. The number of hydrogen-bond acceptors (Lipinski definition) is 8. The Morgan fingerprint density at radius 1 is 0.984 bits per heavy atom. The van der Waals surface area contributed by atoms with Gasteiger partial charge >= 0.3 is 0 Å². The molecule has 62 heavy (non-hydrogen) atoms. The maximum Gasteiger partial charge on any atom is 0.248 e. The average Bonchev–Trinajstić information content (AvgIpc) is 3.68. The number of benzene rings is 2. The van der Waals surface area contributed by atoms with Gasteiger partial charge in [-0.15, -0.1) is 10.2 Å². The summed E-state index contributed by atoms with van der Waals surface area (Å²) in [5, 5.41) is 37.3. The number of amides is 1. The fraction of sp³-hybridized carbons (Fsp3) is 0.694. The van der Waals surface area contributed by atoms with E-state index in [0.29, 0.717) is 24.3 Å². The number of phenols is 1. The molecule has 2 bridgehead atoms. The Morgan fingerprint density at radius 2 is 1.76 bits per heavy atom. The second-order valence-electron chi connectivity index (χ2n) is 20.9. The molecule has 4 unspecified atom stereocenters. The highest BCUT2D eigenvalue weighted by Crippen LogP contribution is 2.67. The number of likely N-dealkylation sites (tertiary alicyclic amines) is 2. The van der Waals surface area contributed by atoms with E-state index in [1.165, 1.54) is 18.4 Å². The lowest BCUT2D eigenvalue weighted by Gasteiger charge is -2.64. The molecule has 3 aliphatic heterocycles. The normalized spacial score (nSPS) is 32.6. The Bertz CT molecular complexity index is 2130. The summed E-state index contributed by atoms with van der Waals surface area (Å²) in [7, 11) is 2.28. The van der Waals surface area contributed by atoms with Crippen LogP contribution in [0.15, 0.2) is 42.5 Å². The number of aromatic hydroxyl groups is 1. The van der Waals surface area contributed by atoms with Gasteiger partial charge in [0.15, 0.2) is 11.5 Å². The number of nitrogens with zero attached hydrogens (tertiary/aromatic N) is 5. The summed E-state index contributed by atoms with van der Waals surface area (Å²) in [6, 6.07) is 14.6. The first kappa shape index (κ1) is 42.4. The number of nitrogens with one attached hydrogen (secondary N) is 1. The van der Waals surface area contributed by atoms with Gasteiger partial charge in [0.05, 0.1) is 22.8 Å². The van der Waals surface area contributed by atoms with Gasteiger partial charge in [-0.1, -0.05) is 56.7 Å². The number of ether oxygens (including phenoxy) is 1. The number of aliphatic hydroxyl groups is 1. The topological polar surface area (TPSA) is 116 Å². The molecule has 1 radical (unpaired) electrons. The van der Waals surface area contributed by atoms with E-state index in [1.54, 1.807) is 6.07 Å². The number of carbonyl (C=O) groups is 1. The summed E-state index contributed by atoms with van der Waals surface area (Å²) in [6.07, 6.45) is 9.06. The second-order valence-corrected chi connectivity index (χ2v) is 20.9. The van der Waals surface area contributed by atoms with E-state index in [4.69, 9.17) is 14.9 Å². The summed E-state index contributed by atoms with van der Waals surface area (Å²) < 4.78 is 37.2. The Labute approximate surface area is 366 Å². The highest BCUT2D eigenvalue weighted by molar-refractivity contribution is 6.53. The molecule has 7 aliphatic rings. The lowest BCUT2D eigenvalue weighted by Crippen LogP contribution is -2.76. The number of alkyl halides is 2. The minimum atomic E-state index is -2.67. The van der Waals surface area contributed by atoms with Gasteiger partial charge in [0.2, 0.25) is 19.1 Å². The molecule has 4 heterocycles. The second kappa shape index (κ2) is 16.2. The van der Waals surface area contributed by atoms with Crippen LogP contribution in [0, 0.1) is 11.8 Å². The van der Waals surface area contributed by atoms with E-state index < -0.39 is 16.9 Å². The van der Waals surface area contributed by atoms with Gasteiger partial charge in [-0.2, -0.15) is 0 Å². The highest BCUT2D eigenvalue weighted by atomic mass is 19.3. The highest BCUT2D eigenvalue weighted by Gasteiger charge is 2.73. The molecular formula is C49H66BF2N6O4. The van der Waals surface area contributed by atoms with Crippen molar-refractivity contribution in [3.8, 4) is 11.5 Å². The molecule has 10 nitrogen and oxygen atoms in total. The SMILES string of the molecule is CC(C)c1nnc([B]C2CC[C@@]3(O)[C@H]4Cc5ccc(O)c6c5[C@@]3(CCN4CC3CC3)[C@H]2O6)n1C(C)CC1CCC(C)N1CC[C@H](NC(=O)C1CCC(F)(F)CC1)c1ccccc1. The summed E-state index contributed by atoms with van der Waals surface area (Å²) in [4.78, 5) is 18.7. The van der Waals surface area contributed by atoms with E-state index in [0.717, 1.165) is 93.2 Å². The van der Waals surface area contributed by atoms with Crippen molar-refractivity contribution in [1.29, 1.82) is 0 Å². The van der Waals surface area contributed by atoms with Crippen LogP contribution < -0.4 is 15.8 Å². The summed E-state index contributed by atoms with van der Waals surface area (Å²) in [5.74, 6) is -0.604. The molecule has 1 amide bonds. The third kappa shape index (κ3) is 7.28. The summed E-state index contributed by atoms with van der Waals surface area (Å²) in [6.45, 7) is 11.7. The van der Waals surface area contributed by atoms with Crippen molar-refractivity contribution in [1.82, 2.24) is 29.9 Å². The maximum atomic E-state index is 14.0. The molecule has 13 heteroatoms. The van der Waals surface area contributed by atoms with Crippen LogP contribution in [0.3, 0.4) is 0 Å². The van der Waals surface area contributed by atoms with Crippen LogP contribution >= 0.6 is 0 Å². The number of piperidine rings is 1. The van der Waals surface area contributed by atoms with E-state index in [1.807, 2.05) is 18.2 Å². The fourth-order valence-electron chi connectivity index (χ4n) is 13.3. The van der Waals surface area contributed by atoms with E-state index >= 15 is 0 Å². The first-order chi connectivity index (χ1) is 29.8. The first-order valence-corrected chi connectivity index (χ1v) is 24.0. The summed E-state index contributed by atoms with van der Waals surface area (Å²) in [5.41, 5.74) is 2.60. The third-order valence-corrected chi connectivity index (χ3v) is 16.7. The van der Waals surface area contributed by atoms with Crippen LogP contribution in [0.2, 0.25) is 5.82 Å². The molecule has 1 aromatic heterocycles. The number of rotatable bonds is 14. The monoisotopic (exact) mass is 852 g/mol. The number of halogens is 2. The zero-order chi connectivity index (χ0) is 43.1. The maximum absolute atomic E-state index is 14.0. The van der Waals surface area contributed by atoms with E-state index in [9.17, 15) is 23.8 Å². The summed E-state index contributed by atoms with van der Waals surface area (Å²) >= 11 is 0. The van der Waals surface area contributed by atoms with Gasteiger partial charge in [-0.3, -0.25) is 14.6 Å². The molecule has 4 aliphatic carbocycles. The predicted molar refractivity (Wildman–Crippen MR) is 235 cm³/mol. The van der Waals surface area contributed by atoms with Gasteiger partial charge in [-0.25, -0.2) is 8.78 Å². The van der Waals surface area contributed by atoms with Crippen LogP contribution in [0.5, 0.6) is 11.5 Å². The van der Waals surface area contributed by atoms with Crippen molar-refractivity contribution in [3.63, 3.8) is 0 Å². The lowest BCUT2D eigenvalue weighted by molar-refractivity contribution is -0.185. The van der Waals surface area contributed by atoms with Crippen molar-refractivity contribution in [2.24, 2.45) is 11.8 Å². The minimum absolute atomic E-state index is 0.0305. The van der Waals surface area contributed by atoms with Crippen molar-refractivity contribution < 1.29 is 28.5 Å². The zero-order valence-electron chi connectivity index (χ0n) is 37.1. The van der Waals surface area contributed by atoms with Crippen LogP contribution in [0.25, 0.3) is 0 Å². The molecule has 5 fully saturated rings. The largest absolute Gasteiger partial charge is 0.504 e. The van der Waals surface area contributed by atoms with Crippen molar-refractivity contribution in [3.05, 3.63) is 65.0 Å². The average molecular weight is 852 g/mol. The number of phenolic OH excluding ortho intramolecular Hbond substituents is 1. The molecule has 10 rings (SSSR count). The van der Waals surface area contributed by atoms with Gasteiger partial charge < -0.3 is 24.8 Å². The Hall–Kier alpha value is -3.55. The molecule has 2 aromatic carbocycles. The van der Waals surface area contributed by atoms with E-state index in [2.05, 4.69) is 72.9 Å². The number of hydrogen-bond donors (Lipinski definition) is 3. The fourth-order valence-corrected chi connectivity index (χ4v) is 13.3. The quantitative estimate of drug-likeness (QED) is 0.144. The van der Waals surface area contributed by atoms with Gasteiger partial charge in [0.25, 0.3) is 0 Å². The molecule has 3 aromatic rings. The Kier molecular flexibility index (Phi) is 11.1. The molecule has 333 valence electrons. The molecule has 9 atom stereocenters. The number of carbonyl (C=O) groups excluding carboxylic acids is 1. The lowest BCUT2D eigenvalue weighted by atomic mass is 9.42. The van der Waals surface area contributed by atoms with Crippen molar-refractivity contribution in [2.75, 3.05) is 19.6 Å². The third-order valence-electron chi connectivity index (χ3n) is 16.7. The Balaban J connectivity index is 0.870. The first-order valence-electron chi connectivity index (χ1n) is 24.0. The van der Waals surface area contributed by atoms with E-state index in [-0.39, 0.29) is 79.2 Å². The van der Waals surface area contributed by atoms with Crippen LogP contribution in [0.4, 0.5) is 8.78 Å². The minimum Gasteiger partial charge on any atom is -0.504 e. The molecule has 1 spiro atoms. The molecule has 3 saturated carbocycles. The Morgan fingerprint density at radius 3 is 2.50 bits per heavy atom. The van der Waals surface area contributed by atoms with Crippen LogP contribution in [0.1, 0.15) is 152 Å². The van der Waals surface area contributed by atoms with Gasteiger partial charge in [-0.05, 0) is 120 Å².